The third-order valence-electron chi connectivity index (χ3n) is 3.94. The van der Waals surface area contributed by atoms with Gasteiger partial charge in [0.05, 0.1) is 25.1 Å². The molecule has 0 bridgehead atoms. The number of benzene rings is 1. The van der Waals surface area contributed by atoms with E-state index in [1.54, 1.807) is 12.1 Å². The Morgan fingerprint density at radius 1 is 1.50 bits per heavy atom. The third-order valence-corrected chi connectivity index (χ3v) is 3.94. The summed E-state index contributed by atoms with van der Waals surface area (Å²) in [5.41, 5.74) is -0.195. The van der Waals surface area contributed by atoms with Gasteiger partial charge in [0.15, 0.2) is 0 Å². The van der Waals surface area contributed by atoms with Crippen LogP contribution in [0.4, 0.5) is 4.39 Å². The molecule has 2 rings (SSSR count). The third kappa shape index (κ3) is 3.75. The van der Waals surface area contributed by atoms with Gasteiger partial charge in [0.1, 0.15) is 11.6 Å². The summed E-state index contributed by atoms with van der Waals surface area (Å²) in [6, 6.07) is 4.25. The van der Waals surface area contributed by atoms with Gasteiger partial charge in [0.2, 0.25) is 11.8 Å². The van der Waals surface area contributed by atoms with E-state index in [2.05, 4.69) is 10.6 Å². The molecule has 5 nitrogen and oxygen atoms in total. The maximum Gasteiger partial charge on any atom is 0.224 e. The Morgan fingerprint density at radius 2 is 2.23 bits per heavy atom. The van der Waals surface area contributed by atoms with Crippen molar-refractivity contribution in [3.63, 3.8) is 0 Å². The molecule has 0 aliphatic carbocycles. The SMILES string of the molecule is COc1ccc(CC(=O)NC2CCC(=O)NC2(C)C)c(F)c1. The zero-order valence-corrected chi connectivity index (χ0v) is 13.0. The second-order valence-corrected chi connectivity index (χ2v) is 6.06. The molecular weight excluding hydrogens is 287 g/mol. The monoisotopic (exact) mass is 308 g/mol. The quantitative estimate of drug-likeness (QED) is 0.887. The van der Waals surface area contributed by atoms with Crippen molar-refractivity contribution >= 4 is 11.8 Å². The summed E-state index contributed by atoms with van der Waals surface area (Å²) in [7, 11) is 1.46. The van der Waals surface area contributed by atoms with Gasteiger partial charge in [0.25, 0.3) is 0 Å². The van der Waals surface area contributed by atoms with E-state index in [1.165, 1.54) is 13.2 Å². The molecule has 1 heterocycles. The van der Waals surface area contributed by atoms with Crippen molar-refractivity contribution in [3.8, 4) is 5.75 Å². The number of amides is 2. The van der Waals surface area contributed by atoms with E-state index in [0.717, 1.165) is 0 Å². The lowest BCUT2D eigenvalue weighted by Crippen LogP contribution is -2.62. The van der Waals surface area contributed by atoms with Crippen LogP contribution in [0.5, 0.6) is 5.75 Å². The summed E-state index contributed by atoms with van der Waals surface area (Å²) < 4.78 is 18.8. The summed E-state index contributed by atoms with van der Waals surface area (Å²) in [5, 5.41) is 5.74. The minimum atomic E-state index is -0.510. The molecular formula is C16H21FN2O3. The Balaban J connectivity index is 2.00. The van der Waals surface area contributed by atoms with Crippen molar-refractivity contribution in [2.24, 2.45) is 0 Å². The molecule has 1 aliphatic heterocycles. The van der Waals surface area contributed by atoms with Gasteiger partial charge >= 0.3 is 0 Å². The van der Waals surface area contributed by atoms with Crippen LogP contribution >= 0.6 is 0 Å². The molecule has 2 N–H and O–H groups in total. The van der Waals surface area contributed by atoms with Crippen LogP contribution in [0, 0.1) is 5.82 Å². The number of ether oxygens (including phenoxy) is 1. The van der Waals surface area contributed by atoms with Gasteiger partial charge in [-0.1, -0.05) is 6.07 Å². The zero-order valence-electron chi connectivity index (χ0n) is 13.0. The first-order valence-electron chi connectivity index (χ1n) is 7.24. The van der Waals surface area contributed by atoms with Crippen LogP contribution < -0.4 is 15.4 Å². The number of nitrogens with one attached hydrogen (secondary N) is 2. The molecule has 120 valence electrons. The lowest BCUT2D eigenvalue weighted by atomic mass is 9.86. The molecule has 2 amide bonds. The first kappa shape index (κ1) is 16.3. The number of hydrogen-bond acceptors (Lipinski definition) is 3. The standard InChI is InChI=1S/C16H21FN2O3/c1-16(2)13(6-7-14(20)19-16)18-15(21)8-10-4-5-11(22-3)9-12(10)17/h4-5,9,13H,6-8H2,1-3H3,(H,18,21)(H,19,20). The van der Waals surface area contributed by atoms with E-state index in [-0.39, 0.29) is 24.3 Å². The molecule has 0 radical (unpaired) electrons. The molecule has 1 aliphatic rings. The van der Waals surface area contributed by atoms with E-state index in [9.17, 15) is 14.0 Å². The number of hydrogen-bond donors (Lipinski definition) is 2. The summed E-state index contributed by atoms with van der Waals surface area (Å²) in [6.07, 6.45) is 0.914. The van der Waals surface area contributed by atoms with Gasteiger partial charge < -0.3 is 15.4 Å². The lowest BCUT2D eigenvalue weighted by molar-refractivity contribution is -0.128. The highest BCUT2D eigenvalue weighted by molar-refractivity contribution is 5.81. The highest BCUT2D eigenvalue weighted by Gasteiger charge is 2.36. The summed E-state index contributed by atoms with van der Waals surface area (Å²) >= 11 is 0. The van der Waals surface area contributed by atoms with E-state index in [4.69, 9.17) is 4.74 Å². The number of piperidine rings is 1. The van der Waals surface area contributed by atoms with E-state index in [1.807, 2.05) is 13.8 Å². The van der Waals surface area contributed by atoms with E-state index in [0.29, 0.717) is 24.2 Å². The first-order valence-corrected chi connectivity index (χ1v) is 7.24. The average Bonchev–Trinajstić information content (AvgIpc) is 2.43. The number of halogens is 1. The highest BCUT2D eigenvalue weighted by atomic mass is 19.1. The Labute approximate surface area is 129 Å². The predicted octanol–water partition coefficient (Wildman–Crippen LogP) is 1.55. The van der Waals surface area contributed by atoms with Crippen LogP contribution in [0.2, 0.25) is 0 Å². The second kappa shape index (κ2) is 6.34. The number of rotatable bonds is 4. The van der Waals surface area contributed by atoms with Crippen LogP contribution in [-0.4, -0.2) is 30.5 Å². The molecule has 1 fully saturated rings. The van der Waals surface area contributed by atoms with Crippen LogP contribution in [0.25, 0.3) is 0 Å². The maximum atomic E-state index is 13.9. The van der Waals surface area contributed by atoms with Crippen molar-refractivity contribution in [2.45, 2.75) is 44.7 Å². The van der Waals surface area contributed by atoms with Gasteiger partial charge in [-0.3, -0.25) is 9.59 Å². The zero-order chi connectivity index (χ0) is 16.3. The fraction of sp³-hybridized carbons (Fsp3) is 0.500. The second-order valence-electron chi connectivity index (χ2n) is 6.06. The number of carbonyl (C=O) groups excluding carboxylic acids is 2. The Kier molecular flexibility index (Phi) is 4.68. The van der Waals surface area contributed by atoms with Crippen molar-refractivity contribution in [3.05, 3.63) is 29.6 Å². The van der Waals surface area contributed by atoms with Crippen LogP contribution in [0.15, 0.2) is 18.2 Å². The Bertz CT molecular complexity index is 587. The maximum absolute atomic E-state index is 13.9. The normalized spacial score (nSPS) is 20.2. The Hall–Kier alpha value is -2.11. The minimum absolute atomic E-state index is 0.0169. The fourth-order valence-corrected chi connectivity index (χ4v) is 2.61. The molecule has 0 saturated carbocycles. The lowest BCUT2D eigenvalue weighted by Gasteiger charge is -2.39. The molecule has 22 heavy (non-hydrogen) atoms. The van der Waals surface area contributed by atoms with Gasteiger partial charge in [0, 0.05) is 12.5 Å². The fourth-order valence-electron chi connectivity index (χ4n) is 2.61. The van der Waals surface area contributed by atoms with Crippen LogP contribution in [0.3, 0.4) is 0 Å². The molecule has 1 unspecified atom stereocenters. The smallest absolute Gasteiger partial charge is 0.224 e. The van der Waals surface area contributed by atoms with E-state index >= 15 is 0 Å². The van der Waals surface area contributed by atoms with Gasteiger partial charge in [-0.2, -0.15) is 0 Å². The van der Waals surface area contributed by atoms with Crippen molar-refractivity contribution in [1.82, 2.24) is 10.6 Å². The molecule has 1 aromatic carbocycles. The molecule has 0 spiro atoms. The Morgan fingerprint density at radius 3 is 2.82 bits per heavy atom. The van der Waals surface area contributed by atoms with E-state index < -0.39 is 11.4 Å². The number of methoxy groups -OCH3 is 1. The largest absolute Gasteiger partial charge is 0.497 e. The molecule has 6 heteroatoms. The van der Waals surface area contributed by atoms with Crippen molar-refractivity contribution < 1.29 is 18.7 Å². The van der Waals surface area contributed by atoms with Crippen molar-refractivity contribution in [1.29, 1.82) is 0 Å². The molecule has 0 aromatic heterocycles. The van der Waals surface area contributed by atoms with Gasteiger partial charge in [-0.25, -0.2) is 4.39 Å². The van der Waals surface area contributed by atoms with Crippen molar-refractivity contribution in [2.75, 3.05) is 7.11 Å². The topological polar surface area (TPSA) is 67.4 Å². The predicted molar refractivity (Wildman–Crippen MR) is 80.0 cm³/mol. The summed E-state index contributed by atoms with van der Waals surface area (Å²) in [6.45, 7) is 3.73. The average molecular weight is 308 g/mol. The van der Waals surface area contributed by atoms with Gasteiger partial charge in [-0.05, 0) is 31.9 Å². The minimum Gasteiger partial charge on any atom is -0.497 e. The van der Waals surface area contributed by atoms with Gasteiger partial charge in [-0.15, -0.1) is 0 Å². The molecule has 1 aromatic rings. The molecule has 1 saturated heterocycles. The molecule has 1 atom stereocenters. The number of carbonyl (C=O) groups is 2. The highest BCUT2D eigenvalue weighted by Crippen LogP contribution is 2.20. The first-order chi connectivity index (χ1) is 10.3. The summed E-state index contributed by atoms with van der Waals surface area (Å²) in [5.74, 6) is -0.335. The summed E-state index contributed by atoms with van der Waals surface area (Å²) in [4.78, 5) is 23.6. The van der Waals surface area contributed by atoms with Crippen LogP contribution in [0.1, 0.15) is 32.3 Å². The van der Waals surface area contributed by atoms with Crippen LogP contribution in [-0.2, 0) is 16.0 Å².